The Labute approximate surface area is 183 Å². The van der Waals surface area contributed by atoms with Crippen LogP contribution in [0, 0.1) is 5.82 Å². The molecule has 1 unspecified atom stereocenters. The second-order valence-corrected chi connectivity index (χ2v) is 8.13. The van der Waals surface area contributed by atoms with E-state index in [1.54, 1.807) is 10.6 Å². The summed E-state index contributed by atoms with van der Waals surface area (Å²) in [6.07, 6.45) is 3.87. The van der Waals surface area contributed by atoms with Crippen LogP contribution in [0.4, 0.5) is 10.1 Å². The topological polar surface area (TPSA) is 92.1 Å². The highest BCUT2D eigenvalue weighted by atomic mass is 35.5. The van der Waals surface area contributed by atoms with Crippen LogP contribution in [0.1, 0.15) is 35.7 Å². The average Bonchev–Trinajstić information content (AvgIpc) is 3.48. The van der Waals surface area contributed by atoms with E-state index >= 15 is 4.39 Å². The highest BCUT2D eigenvalue weighted by Gasteiger charge is 2.35. The van der Waals surface area contributed by atoms with Crippen molar-refractivity contribution >= 4 is 40.9 Å². The third-order valence-electron chi connectivity index (χ3n) is 6.27. The molecule has 1 saturated carbocycles. The van der Waals surface area contributed by atoms with Gasteiger partial charge in [0.2, 0.25) is 5.43 Å². The lowest BCUT2D eigenvalue weighted by molar-refractivity contribution is -0.142. The number of esters is 1. The summed E-state index contributed by atoms with van der Waals surface area (Å²) in [7, 11) is 0. The van der Waals surface area contributed by atoms with Crippen molar-refractivity contribution in [1.82, 2.24) is 9.47 Å². The molecule has 0 radical (unpaired) electrons. The number of nitrogens with zero attached hydrogens (tertiary/aromatic N) is 3. The Morgan fingerprint density at radius 2 is 1.81 bits per heavy atom. The van der Waals surface area contributed by atoms with Gasteiger partial charge in [0.25, 0.3) is 0 Å². The number of carbonyl (C=O) groups excluding carboxylic acids is 1. The molecule has 5 rings (SSSR count). The predicted octanol–water partition coefficient (Wildman–Crippen LogP) is 2.03. The molecule has 3 fully saturated rings. The number of cyclic esters (lactones) is 1. The van der Waals surface area contributed by atoms with Crippen LogP contribution in [0.15, 0.2) is 23.1 Å². The summed E-state index contributed by atoms with van der Waals surface area (Å²) >= 11 is 0. The Kier molecular flexibility index (Phi) is 5.65. The first-order valence-corrected chi connectivity index (χ1v) is 10.2. The van der Waals surface area contributed by atoms with E-state index in [4.69, 9.17) is 4.74 Å². The minimum Gasteiger partial charge on any atom is -0.477 e. The zero-order valence-electron chi connectivity index (χ0n) is 16.8. The molecule has 2 aromatic rings. The van der Waals surface area contributed by atoms with E-state index in [1.165, 1.54) is 12.3 Å². The number of carboxylic acids is 1. The fourth-order valence-corrected chi connectivity index (χ4v) is 4.50. The van der Waals surface area contributed by atoms with E-state index in [0.29, 0.717) is 50.4 Å². The summed E-state index contributed by atoms with van der Waals surface area (Å²) in [4.78, 5) is 39.9. The van der Waals surface area contributed by atoms with Gasteiger partial charge in [0.05, 0.1) is 17.8 Å². The molecule has 0 amide bonds. The number of benzene rings is 1. The normalized spacial score (nSPS) is 21.8. The number of carboxylic acid groups (broad SMARTS) is 1. The molecule has 3 heterocycles. The van der Waals surface area contributed by atoms with Gasteiger partial charge in [0.1, 0.15) is 17.4 Å². The van der Waals surface area contributed by atoms with Gasteiger partial charge in [-0.05, 0) is 25.0 Å². The third-order valence-corrected chi connectivity index (χ3v) is 6.27. The first-order chi connectivity index (χ1) is 14.4. The Morgan fingerprint density at radius 1 is 1.10 bits per heavy atom. The summed E-state index contributed by atoms with van der Waals surface area (Å²) in [5.41, 5.74) is -0.0400. The van der Waals surface area contributed by atoms with Gasteiger partial charge in [-0.25, -0.2) is 9.18 Å². The highest BCUT2D eigenvalue weighted by molar-refractivity contribution is 5.93. The maximum Gasteiger partial charge on any atom is 0.341 e. The van der Waals surface area contributed by atoms with Gasteiger partial charge in [-0.3, -0.25) is 14.5 Å². The molecule has 8 nitrogen and oxygen atoms in total. The second-order valence-electron chi connectivity index (χ2n) is 8.13. The number of aromatic carboxylic acids is 1. The van der Waals surface area contributed by atoms with Crippen molar-refractivity contribution in [3.8, 4) is 0 Å². The second kappa shape index (κ2) is 8.12. The Bertz CT molecular complexity index is 1110. The van der Waals surface area contributed by atoms with Gasteiger partial charge >= 0.3 is 11.9 Å². The molecule has 10 heteroatoms. The van der Waals surface area contributed by atoms with E-state index in [-0.39, 0.29) is 41.4 Å². The van der Waals surface area contributed by atoms with E-state index in [0.717, 1.165) is 12.8 Å². The van der Waals surface area contributed by atoms with Crippen LogP contribution >= 0.6 is 12.4 Å². The zero-order chi connectivity index (χ0) is 21.0. The number of piperazine rings is 1. The SMILES string of the molecule is Cl.O=C(O)c1cn(C2CC2)c2cc(N3CCN(C4CCOC4=O)CC3)c(F)cc2c1=O. The van der Waals surface area contributed by atoms with Crippen molar-refractivity contribution in [1.29, 1.82) is 0 Å². The Balaban J connectivity index is 0.00000231. The van der Waals surface area contributed by atoms with Crippen molar-refractivity contribution in [2.45, 2.75) is 31.3 Å². The summed E-state index contributed by atoms with van der Waals surface area (Å²) in [6.45, 7) is 2.77. The van der Waals surface area contributed by atoms with Gasteiger partial charge in [-0.1, -0.05) is 0 Å². The number of halogens is 2. The van der Waals surface area contributed by atoms with Crippen LogP contribution in [0.25, 0.3) is 10.9 Å². The molecule has 3 aliphatic rings. The minimum absolute atomic E-state index is 0. The molecule has 0 bridgehead atoms. The number of hydrogen-bond donors (Lipinski definition) is 1. The van der Waals surface area contributed by atoms with Gasteiger partial charge in [-0.2, -0.15) is 0 Å². The third kappa shape index (κ3) is 3.76. The number of anilines is 1. The summed E-state index contributed by atoms with van der Waals surface area (Å²) in [6, 6.07) is 2.74. The Morgan fingerprint density at radius 3 is 2.39 bits per heavy atom. The molecule has 1 aromatic carbocycles. The fraction of sp³-hybridized carbons (Fsp3) is 0.476. The fourth-order valence-electron chi connectivity index (χ4n) is 4.50. The molecule has 166 valence electrons. The largest absolute Gasteiger partial charge is 0.477 e. The van der Waals surface area contributed by atoms with Gasteiger partial charge in [0.15, 0.2) is 0 Å². The number of rotatable bonds is 4. The summed E-state index contributed by atoms with van der Waals surface area (Å²) < 4.78 is 21.8. The number of ether oxygens (including phenoxy) is 1. The van der Waals surface area contributed by atoms with Crippen LogP contribution in [-0.4, -0.2) is 65.3 Å². The molecule has 1 atom stereocenters. The molecule has 31 heavy (non-hydrogen) atoms. The van der Waals surface area contributed by atoms with Gasteiger partial charge < -0.3 is 19.3 Å². The number of pyridine rings is 1. The summed E-state index contributed by atoms with van der Waals surface area (Å²) in [5, 5.41) is 9.45. The highest BCUT2D eigenvalue weighted by Crippen LogP contribution is 2.38. The van der Waals surface area contributed by atoms with Crippen LogP contribution < -0.4 is 10.3 Å². The molecule has 1 aromatic heterocycles. The molecule has 2 saturated heterocycles. The lowest BCUT2D eigenvalue weighted by Gasteiger charge is -2.38. The Hall–Kier alpha value is -2.65. The van der Waals surface area contributed by atoms with Crippen molar-refractivity contribution in [3.63, 3.8) is 0 Å². The molecular formula is C21H23ClFN3O5. The van der Waals surface area contributed by atoms with Crippen molar-refractivity contribution < 1.29 is 23.8 Å². The standard InChI is InChI=1S/C21H22FN3O5.ClH/c22-15-9-13-17(25(12-1-2-12)11-14(19(13)26)20(27)28)10-18(15)24-6-4-23(5-7-24)16-3-8-30-21(16)29;/h9-12,16H,1-8H2,(H,27,28);1H. The number of aromatic nitrogens is 1. The lowest BCUT2D eigenvalue weighted by atomic mass is 10.1. The lowest BCUT2D eigenvalue weighted by Crippen LogP contribution is -2.51. The van der Waals surface area contributed by atoms with Crippen molar-refractivity contribution in [3.05, 3.63) is 39.9 Å². The smallest absolute Gasteiger partial charge is 0.341 e. The average molecular weight is 452 g/mol. The number of fused-ring (bicyclic) bond motifs is 1. The predicted molar refractivity (Wildman–Crippen MR) is 114 cm³/mol. The van der Waals surface area contributed by atoms with E-state index < -0.39 is 17.2 Å². The number of carbonyl (C=O) groups is 2. The van der Waals surface area contributed by atoms with Gasteiger partial charge in [-0.15, -0.1) is 12.4 Å². The van der Waals surface area contributed by atoms with E-state index in [2.05, 4.69) is 4.90 Å². The zero-order valence-corrected chi connectivity index (χ0v) is 17.6. The first kappa shape index (κ1) is 21.6. The first-order valence-electron chi connectivity index (χ1n) is 10.2. The van der Waals surface area contributed by atoms with E-state index in [1.807, 2.05) is 4.90 Å². The van der Waals surface area contributed by atoms with Gasteiger partial charge in [0, 0.05) is 50.2 Å². The molecule has 1 N–H and O–H groups in total. The maximum absolute atomic E-state index is 15.0. The molecule has 0 spiro atoms. The summed E-state index contributed by atoms with van der Waals surface area (Å²) in [5.74, 6) is -2.04. The molecule has 2 aliphatic heterocycles. The van der Waals surface area contributed by atoms with Crippen molar-refractivity contribution in [2.24, 2.45) is 0 Å². The minimum atomic E-state index is -1.30. The molecular weight excluding hydrogens is 429 g/mol. The van der Waals surface area contributed by atoms with Crippen LogP contribution in [0.2, 0.25) is 0 Å². The van der Waals surface area contributed by atoms with Crippen molar-refractivity contribution in [2.75, 3.05) is 37.7 Å². The monoisotopic (exact) mass is 451 g/mol. The quantitative estimate of drug-likeness (QED) is 0.711. The maximum atomic E-state index is 15.0. The molecule has 1 aliphatic carbocycles. The van der Waals surface area contributed by atoms with Crippen LogP contribution in [-0.2, 0) is 9.53 Å². The number of hydrogen-bond acceptors (Lipinski definition) is 6. The van der Waals surface area contributed by atoms with E-state index in [9.17, 15) is 19.5 Å². The van der Waals surface area contributed by atoms with Crippen LogP contribution in [0.5, 0.6) is 0 Å². The van der Waals surface area contributed by atoms with Crippen LogP contribution in [0.3, 0.4) is 0 Å².